The van der Waals surface area contributed by atoms with Crippen LogP contribution in [0.5, 0.6) is 0 Å². The standard InChI is InChI=1S/C15H17NOS/c17-15(16-9-5-1-2-6-10-16)14-11-12-7-3-4-8-13(12)18-14/h3-4,7-8,11H,1-2,5-6,9-10H2. The quantitative estimate of drug-likeness (QED) is 0.760. The highest BCUT2D eigenvalue weighted by Gasteiger charge is 2.19. The van der Waals surface area contributed by atoms with Gasteiger partial charge in [0.05, 0.1) is 4.88 Å². The van der Waals surface area contributed by atoms with Crippen molar-refractivity contribution in [1.82, 2.24) is 4.90 Å². The number of carbonyl (C=O) groups is 1. The summed E-state index contributed by atoms with van der Waals surface area (Å²) in [6.07, 6.45) is 4.82. The molecule has 0 bridgehead atoms. The van der Waals surface area contributed by atoms with E-state index in [0.29, 0.717) is 0 Å². The first-order valence-corrected chi connectivity index (χ1v) is 7.44. The summed E-state index contributed by atoms with van der Waals surface area (Å²) in [5.74, 6) is 0.220. The van der Waals surface area contributed by atoms with E-state index in [-0.39, 0.29) is 5.91 Å². The van der Waals surface area contributed by atoms with Crippen LogP contribution in [0, 0.1) is 0 Å². The lowest BCUT2D eigenvalue weighted by Gasteiger charge is -2.19. The summed E-state index contributed by atoms with van der Waals surface area (Å²) in [7, 11) is 0. The molecule has 18 heavy (non-hydrogen) atoms. The summed E-state index contributed by atoms with van der Waals surface area (Å²) in [6.45, 7) is 1.85. The van der Waals surface area contributed by atoms with Crippen molar-refractivity contribution in [1.29, 1.82) is 0 Å². The fraction of sp³-hybridized carbons (Fsp3) is 0.400. The van der Waals surface area contributed by atoms with Crippen LogP contribution in [-0.2, 0) is 0 Å². The molecule has 1 aliphatic rings. The van der Waals surface area contributed by atoms with E-state index in [1.54, 1.807) is 11.3 Å². The molecule has 0 spiro atoms. The number of fused-ring (bicyclic) bond motifs is 1. The fourth-order valence-electron chi connectivity index (χ4n) is 2.52. The van der Waals surface area contributed by atoms with Crippen LogP contribution in [0.15, 0.2) is 30.3 Å². The Kier molecular flexibility index (Phi) is 3.33. The molecular formula is C15H17NOS. The Morgan fingerprint density at radius 2 is 1.78 bits per heavy atom. The predicted octanol–water partition coefficient (Wildman–Crippen LogP) is 3.92. The normalized spacial score (nSPS) is 16.8. The van der Waals surface area contributed by atoms with Crippen LogP contribution >= 0.6 is 11.3 Å². The summed E-state index contributed by atoms with van der Waals surface area (Å²) >= 11 is 1.61. The monoisotopic (exact) mass is 259 g/mol. The van der Waals surface area contributed by atoms with E-state index in [1.807, 2.05) is 23.1 Å². The third-order valence-corrected chi connectivity index (χ3v) is 4.63. The summed E-state index contributed by atoms with van der Waals surface area (Å²) in [5.41, 5.74) is 0. The van der Waals surface area contributed by atoms with E-state index in [2.05, 4.69) is 12.1 Å². The average Bonchev–Trinajstić information content (AvgIpc) is 2.64. The zero-order chi connectivity index (χ0) is 12.4. The molecule has 0 saturated carbocycles. The molecule has 0 aliphatic carbocycles. The van der Waals surface area contributed by atoms with Crippen LogP contribution in [0.3, 0.4) is 0 Å². The molecule has 2 heterocycles. The molecule has 3 rings (SSSR count). The molecule has 2 nitrogen and oxygen atoms in total. The van der Waals surface area contributed by atoms with Gasteiger partial charge >= 0.3 is 0 Å². The minimum atomic E-state index is 0.220. The van der Waals surface area contributed by atoms with E-state index in [1.165, 1.54) is 22.9 Å². The van der Waals surface area contributed by atoms with Crippen LogP contribution in [0.2, 0.25) is 0 Å². The molecule has 1 fully saturated rings. The molecule has 1 aromatic carbocycles. The number of rotatable bonds is 1. The molecule has 94 valence electrons. The van der Waals surface area contributed by atoms with Gasteiger partial charge in [-0.25, -0.2) is 0 Å². The number of nitrogens with zero attached hydrogens (tertiary/aromatic N) is 1. The third-order valence-electron chi connectivity index (χ3n) is 3.53. The maximum atomic E-state index is 12.5. The van der Waals surface area contributed by atoms with E-state index in [0.717, 1.165) is 30.8 Å². The first-order valence-electron chi connectivity index (χ1n) is 6.62. The van der Waals surface area contributed by atoms with Gasteiger partial charge in [0.15, 0.2) is 0 Å². The molecule has 0 unspecified atom stereocenters. The second-order valence-electron chi connectivity index (χ2n) is 4.85. The molecule has 0 N–H and O–H groups in total. The van der Waals surface area contributed by atoms with Crippen molar-refractivity contribution in [3.05, 3.63) is 35.2 Å². The Bertz CT molecular complexity index is 519. The molecule has 3 heteroatoms. The van der Waals surface area contributed by atoms with Gasteiger partial charge in [-0.2, -0.15) is 0 Å². The van der Waals surface area contributed by atoms with Crippen molar-refractivity contribution in [2.24, 2.45) is 0 Å². The molecule has 0 atom stereocenters. The maximum Gasteiger partial charge on any atom is 0.263 e. The Labute approximate surface area is 111 Å². The van der Waals surface area contributed by atoms with Gasteiger partial charge in [-0.1, -0.05) is 31.0 Å². The topological polar surface area (TPSA) is 20.3 Å². The number of hydrogen-bond donors (Lipinski definition) is 0. The van der Waals surface area contributed by atoms with Gasteiger partial charge in [0, 0.05) is 17.8 Å². The van der Waals surface area contributed by atoms with Gasteiger partial charge in [0.2, 0.25) is 0 Å². The highest BCUT2D eigenvalue weighted by molar-refractivity contribution is 7.20. The van der Waals surface area contributed by atoms with Gasteiger partial charge in [0.25, 0.3) is 5.91 Å². The van der Waals surface area contributed by atoms with Crippen LogP contribution in [-0.4, -0.2) is 23.9 Å². The summed E-state index contributed by atoms with van der Waals surface area (Å²) in [6, 6.07) is 10.2. The number of benzene rings is 1. The van der Waals surface area contributed by atoms with Crippen molar-refractivity contribution in [3.8, 4) is 0 Å². The molecule has 1 aromatic heterocycles. The van der Waals surface area contributed by atoms with Crippen molar-refractivity contribution in [2.45, 2.75) is 25.7 Å². The summed E-state index contributed by atoms with van der Waals surface area (Å²) < 4.78 is 1.20. The van der Waals surface area contributed by atoms with Crippen molar-refractivity contribution >= 4 is 27.3 Å². The number of carbonyl (C=O) groups excluding carboxylic acids is 1. The first-order chi connectivity index (χ1) is 8.84. The zero-order valence-electron chi connectivity index (χ0n) is 10.4. The van der Waals surface area contributed by atoms with E-state index >= 15 is 0 Å². The number of thiophene rings is 1. The SMILES string of the molecule is O=C(c1cc2ccccc2s1)N1CCCCCC1. The lowest BCUT2D eigenvalue weighted by molar-refractivity contribution is 0.0766. The lowest BCUT2D eigenvalue weighted by Crippen LogP contribution is -2.31. The van der Waals surface area contributed by atoms with Crippen LogP contribution < -0.4 is 0 Å². The summed E-state index contributed by atoms with van der Waals surface area (Å²) in [4.78, 5) is 15.4. The van der Waals surface area contributed by atoms with E-state index < -0.39 is 0 Å². The van der Waals surface area contributed by atoms with Crippen molar-refractivity contribution in [2.75, 3.05) is 13.1 Å². The average molecular weight is 259 g/mol. The summed E-state index contributed by atoms with van der Waals surface area (Å²) in [5, 5.41) is 1.18. The van der Waals surface area contributed by atoms with Gasteiger partial charge in [-0.15, -0.1) is 11.3 Å². The Balaban J connectivity index is 1.86. The van der Waals surface area contributed by atoms with Gasteiger partial charge in [0.1, 0.15) is 0 Å². The minimum absolute atomic E-state index is 0.220. The Morgan fingerprint density at radius 1 is 1.06 bits per heavy atom. The lowest BCUT2D eigenvalue weighted by atomic mass is 10.2. The van der Waals surface area contributed by atoms with Gasteiger partial charge in [-0.05, 0) is 30.4 Å². The Hall–Kier alpha value is -1.35. The van der Waals surface area contributed by atoms with Gasteiger partial charge < -0.3 is 4.90 Å². The van der Waals surface area contributed by atoms with E-state index in [4.69, 9.17) is 0 Å². The van der Waals surface area contributed by atoms with E-state index in [9.17, 15) is 4.79 Å². The van der Waals surface area contributed by atoms with Crippen molar-refractivity contribution < 1.29 is 4.79 Å². The zero-order valence-corrected chi connectivity index (χ0v) is 11.2. The fourth-order valence-corrected chi connectivity index (χ4v) is 3.55. The van der Waals surface area contributed by atoms with Crippen LogP contribution in [0.4, 0.5) is 0 Å². The molecular weight excluding hydrogens is 242 g/mol. The van der Waals surface area contributed by atoms with Crippen LogP contribution in [0.1, 0.15) is 35.4 Å². The minimum Gasteiger partial charge on any atom is -0.338 e. The largest absolute Gasteiger partial charge is 0.338 e. The maximum absolute atomic E-state index is 12.5. The molecule has 1 saturated heterocycles. The molecule has 2 aromatic rings. The molecule has 0 radical (unpaired) electrons. The van der Waals surface area contributed by atoms with Crippen molar-refractivity contribution in [3.63, 3.8) is 0 Å². The third kappa shape index (κ3) is 2.27. The second-order valence-corrected chi connectivity index (χ2v) is 5.94. The predicted molar refractivity (Wildman–Crippen MR) is 76.2 cm³/mol. The smallest absolute Gasteiger partial charge is 0.263 e. The number of likely N-dealkylation sites (tertiary alicyclic amines) is 1. The highest BCUT2D eigenvalue weighted by Crippen LogP contribution is 2.26. The molecule has 1 aliphatic heterocycles. The number of hydrogen-bond acceptors (Lipinski definition) is 2. The number of amides is 1. The van der Waals surface area contributed by atoms with Crippen LogP contribution in [0.25, 0.3) is 10.1 Å². The van der Waals surface area contributed by atoms with Gasteiger partial charge in [-0.3, -0.25) is 4.79 Å². The highest BCUT2D eigenvalue weighted by atomic mass is 32.1. The molecule has 1 amide bonds. The Morgan fingerprint density at radius 3 is 2.50 bits per heavy atom. The first kappa shape index (κ1) is 11.7. The second kappa shape index (κ2) is 5.11.